The Kier molecular flexibility index (Phi) is 6.34. The van der Waals surface area contributed by atoms with Gasteiger partial charge in [0.05, 0.1) is 23.4 Å². The van der Waals surface area contributed by atoms with Crippen LogP contribution < -0.4 is 10.1 Å². The summed E-state index contributed by atoms with van der Waals surface area (Å²) < 4.78 is 20.9. The lowest BCUT2D eigenvalue weighted by molar-refractivity contribution is -0.113. The zero-order valence-electron chi connectivity index (χ0n) is 16.8. The highest BCUT2D eigenvalue weighted by Crippen LogP contribution is 2.31. The molecule has 1 amide bonds. The van der Waals surface area contributed by atoms with Crippen molar-refractivity contribution in [2.75, 3.05) is 18.2 Å². The lowest BCUT2D eigenvalue weighted by Gasteiger charge is -2.10. The number of carbonyl (C=O) groups is 1. The Morgan fingerprint density at radius 3 is 2.68 bits per heavy atom. The van der Waals surface area contributed by atoms with Gasteiger partial charge in [0.1, 0.15) is 11.6 Å². The van der Waals surface area contributed by atoms with Crippen LogP contribution in [0.2, 0.25) is 0 Å². The number of amides is 1. The van der Waals surface area contributed by atoms with Crippen molar-refractivity contribution in [3.8, 4) is 22.1 Å². The molecule has 0 saturated heterocycles. The van der Waals surface area contributed by atoms with Gasteiger partial charge in [0.15, 0.2) is 11.0 Å². The van der Waals surface area contributed by atoms with E-state index < -0.39 is 0 Å². The van der Waals surface area contributed by atoms with Gasteiger partial charge in [-0.15, -0.1) is 21.5 Å². The number of hydrogen-bond acceptors (Lipinski definition) is 6. The molecular formula is C22H19FN4O2S2. The fraction of sp³-hybridized carbons (Fsp3) is 0.136. The van der Waals surface area contributed by atoms with E-state index in [1.165, 1.54) is 17.8 Å². The Hall–Kier alpha value is -3.17. The molecule has 0 spiro atoms. The summed E-state index contributed by atoms with van der Waals surface area (Å²) in [5.41, 5.74) is 1.81. The van der Waals surface area contributed by atoms with E-state index in [1.54, 1.807) is 37.5 Å². The Morgan fingerprint density at radius 2 is 2.00 bits per heavy atom. The molecule has 0 unspecified atom stereocenters. The summed E-state index contributed by atoms with van der Waals surface area (Å²) in [5.74, 6) is 0.936. The molecule has 0 fully saturated rings. The van der Waals surface area contributed by atoms with Crippen molar-refractivity contribution in [2.45, 2.75) is 12.1 Å². The SMILES string of the molecule is COc1ccc(-n2c(SCC(=O)Nc3ccc(C)c(F)c3)nnc2-c2cccs2)cc1. The van der Waals surface area contributed by atoms with E-state index >= 15 is 0 Å². The lowest BCUT2D eigenvalue weighted by atomic mass is 10.2. The number of aryl methyl sites for hydroxylation is 1. The van der Waals surface area contributed by atoms with Crippen molar-refractivity contribution in [1.82, 2.24) is 14.8 Å². The van der Waals surface area contributed by atoms with Crippen LogP contribution in [0.25, 0.3) is 16.4 Å². The van der Waals surface area contributed by atoms with Crippen LogP contribution in [0.5, 0.6) is 5.75 Å². The highest BCUT2D eigenvalue weighted by Gasteiger charge is 2.18. The number of ether oxygens (including phenoxy) is 1. The van der Waals surface area contributed by atoms with E-state index in [1.807, 2.05) is 46.3 Å². The van der Waals surface area contributed by atoms with Crippen molar-refractivity contribution in [3.63, 3.8) is 0 Å². The lowest BCUT2D eigenvalue weighted by Crippen LogP contribution is -2.14. The first-order chi connectivity index (χ1) is 15.0. The number of nitrogens with one attached hydrogen (secondary N) is 1. The predicted octanol–water partition coefficient (Wildman–Crippen LogP) is 5.18. The number of methoxy groups -OCH3 is 1. The second-order valence-corrected chi connectivity index (χ2v) is 8.51. The van der Waals surface area contributed by atoms with E-state index in [4.69, 9.17) is 4.74 Å². The highest BCUT2D eigenvalue weighted by atomic mass is 32.2. The number of rotatable bonds is 7. The molecule has 6 nitrogen and oxygen atoms in total. The molecule has 4 aromatic rings. The zero-order valence-corrected chi connectivity index (χ0v) is 18.5. The van der Waals surface area contributed by atoms with Crippen LogP contribution >= 0.6 is 23.1 Å². The summed E-state index contributed by atoms with van der Waals surface area (Å²) in [7, 11) is 1.62. The fourth-order valence-corrected chi connectivity index (χ4v) is 4.34. The number of halogens is 1. The Bertz CT molecular complexity index is 1190. The summed E-state index contributed by atoms with van der Waals surface area (Å²) in [5, 5.41) is 13.9. The van der Waals surface area contributed by atoms with Crippen molar-refractivity contribution >= 4 is 34.7 Å². The number of nitrogens with zero attached hydrogens (tertiary/aromatic N) is 3. The minimum atomic E-state index is -0.356. The van der Waals surface area contributed by atoms with Gasteiger partial charge in [0.2, 0.25) is 5.91 Å². The maximum Gasteiger partial charge on any atom is 0.234 e. The molecule has 31 heavy (non-hydrogen) atoms. The van der Waals surface area contributed by atoms with Crippen LogP contribution in [0.15, 0.2) is 65.1 Å². The van der Waals surface area contributed by atoms with E-state index in [0.717, 1.165) is 16.3 Å². The minimum absolute atomic E-state index is 0.105. The molecule has 4 rings (SSSR count). The second-order valence-electron chi connectivity index (χ2n) is 6.62. The van der Waals surface area contributed by atoms with Crippen LogP contribution in [-0.2, 0) is 4.79 Å². The third-order valence-corrected chi connectivity index (χ3v) is 6.29. The third-order valence-electron chi connectivity index (χ3n) is 4.49. The van der Waals surface area contributed by atoms with Gasteiger partial charge in [-0.3, -0.25) is 9.36 Å². The fourth-order valence-electron chi connectivity index (χ4n) is 2.89. The van der Waals surface area contributed by atoms with Crippen molar-refractivity contribution in [1.29, 1.82) is 0 Å². The second kappa shape index (κ2) is 9.32. The standard InChI is InChI=1S/C22H19FN4O2S2/c1-14-5-6-15(12-18(14)23)24-20(28)13-31-22-26-25-21(19-4-3-11-30-19)27(22)16-7-9-17(29-2)10-8-16/h3-12H,13H2,1-2H3,(H,24,28). The smallest absolute Gasteiger partial charge is 0.234 e. The Labute approximate surface area is 187 Å². The highest BCUT2D eigenvalue weighted by molar-refractivity contribution is 7.99. The molecule has 0 aliphatic carbocycles. The third kappa shape index (κ3) is 4.78. The average molecular weight is 455 g/mol. The predicted molar refractivity (Wildman–Crippen MR) is 122 cm³/mol. The molecule has 0 aliphatic heterocycles. The maximum absolute atomic E-state index is 13.7. The number of hydrogen-bond donors (Lipinski definition) is 1. The molecule has 2 aromatic heterocycles. The van der Waals surface area contributed by atoms with E-state index in [0.29, 0.717) is 22.2 Å². The van der Waals surface area contributed by atoms with E-state index in [-0.39, 0.29) is 17.5 Å². The zero-order chi connectivity index (χ0) is 21.8. The Balaban J connectivity index is 1.56. The summed E-state index contributed by atoms with van der Waals surface area (Å²) in [6.45, 7) is 1.67. The van der Waals surface area contributed by atoms with Crippen LogP contribution in [0.3, 0.4) is 0 Å². The number of anilines is 1. The van der Waals surface area contributed by atoms with Gasteiger partial charge < -0.3 is 10.1 Å². The van der Waals surface area contributed by atoms with Gasteiger partial charge in [-0.2, -0.15) is 0 Å². The summed E-state index contributed by atoms with van der Waals surface area (Å²) in [6.07, 6.45) is 0. The summed E-state index contributed by atoms with van der Waals surface area (Å²) in [6, 6.07) is 16.1. The molecule has 2 heterocycles. The Morgan fingerprint density at radius 1 is 1.19 bits per heavy atom. The van der Waals surface area contributed by atoms with Gasteiger partial charge in [0.25, 0.3) is 0 Å². The molecule has 0 radical (unpaired) electrons. The molecule has 0 bridgehead atoms. The first-order valence-corrected chi connectivity index (χ1v) is 11.2. The first-order valence-electron chi connectivity index (χ1n) is 9.37. The maximum atomic E-state index is 13.7. The van der Waals surface area contributed by atoms with E-state index in [9.17, 15) is 9.18 Å². The molecule has 158 valence electrons. The number of thiophene rings is 1. The molecule has 1 N–H and O–H groups in total. The van der Waals surface area contributed by atoms with Crippen LogP contribution in [-0.4, -0.2) is 33.5 Å². The van der Waals surface area contributed by atoms with E-state index in [2.05, 4.69) is 15.5 Å². The summed E-state index contributed by atoms with van der Waals surface area (Å²) in [4.78, 5) is 13.4. The quantitative estimate of drug-likeness (QED) is 0.390. The van der Waals surface area contributed by atoms with Gasteiger partial charge in [-0.05, 0) is 60.3 Å². The van der Waals surface area contributed by atoms with Gasteiger partial charge in [-0.1, -0.05) is 23.9 Å². The van der Waals surface area contributed by atoms with Crippen molar-refractivity contribution < 1.29 is 13.9 Å². The van der Waals surface area contributed by atoms with Crippen molar-refractivity contribution in [2.24, 2.45) is 0 Å². The topological polar surface area (TPSA) is 69.0 Å². The summed E-state index contributed by atoms with van der Waals surface area (Å²) >= 11 is 2.82. The van der Waals surface area contributed by atoms with Crippen LogP contribution in [0.4, 0.5) is 10.1 Å². The molecule has 0 atom stereocenters. The molecule has 2 aromatic carbocycles. The van der Waals surface area contributed by atoms with Gasteiger partial charge in [0, 0.05) is 5.69 Å². The van der Waals surface area contributed by atoms with Gasteiger partial charge >= 0.3 is 0 Å². The van der Waals surface area contributed by atoms with Crippen molar-refractivity contribution in [3.05, 3.63) is 71.4 Å². The number of benzene rings is 2. The molecule has 0 saturated carbocycles. The normalized spacial score (nSPS) is 10.8. The molecule has 9 heteroatoms. The first kappa shape index (κ1) is 21.1. The number of aromatic nitrogens is 3. The largest absolute Gasteiger partial charge is 0.497 e. The minimum Gasteiger partial charge on any atom is -0.497 e. The monoisotopic (exact) mass is 454 g/mol. The van der Waals surface area contributed by atoms with Gasteiger partial charge in [-0.25, -0.2) is 4.39 Å². The van der Waals surface area contributed by atoms with Crippen LogP contribution in [0.1, 0.15) is 5.56 Å². The number of carbonyl (C=O) groups excluding carboxylic acids is 1. The number of thioether (sulfide) groups is 1. The molecule has 0 aliphatic rings. The average Bonchev–Trinajstić information content (AvgIpc) is 3.44. The van der Waals surface area contributed by atoms with Crippen LogP contribution in [0, 0.1) is 12.7 Å². The molecular weight excluding hydrogens is 435 g/mol.